The van der Waals surface area contributed by atoms with Crippen LogP contribution in [-0.4, -0.2) is 31.0 Å². The van der Waals surface area contributed by atoms with Crippen LogP contribution in [0.3, 0.4) is 0 Å². The van der Waals surface area contributed by atoms with Crippen molar-refractivity contribution in [3.63, 3.8) is 0 Å². The highest BCUT2D eigenvalue weighted by Crippen LogP contribution is 2.44. The van der Waals surface area contributed by atoms with E-state index in [1.165, 1.54) is 37.7 Å². The van der Waals surface area contributed by atoms with Gasteiger partial charge in [0.1, 0.15) is 18.4 Å². The van der Waals surface area contributed by atoms with Gasteiger partial charge in [0.05, 0.1) is 12.2 Å². The average molecular weight is 328 g/mol. The molecule has 1 aromatic rings. The molecule has 5 nitrogen and oxygen atoms in total. The number of carbonyl (C=O) groups excluding carboxylic acids is 2. The highest BCUT2D eigenvalue weighted by molar-refractivity contribution is 6.01. The molecule has 2 amide bonds. The molecule has 3 aliphatic rings. The monoisotopic (exact) mass is 328 g/mol. The van der Waals surface area contributed by atoms with Gasteiger partial charge in [0.25, 0.3) is 0 Å². The molecule has 128 valence electrons. The number of nitrogens with one attached hydrogen (secondary N) is 1. The molecule has 0 aromatic heterocycles. The Morgan fingerprint density at radius 2 is 1.92 bits per heavy atom. The maximum atomic E-state index is 12.3. The first-order valence-electron chi connectivity index (χ1n) is 9.10. The number of hydrogen-bond donors (Lipinski definition) is 1. The highest BCUT2D eigenvalue weighted by atomic mass is 16.5. The third kappa shape index (κ3) is 2.76. The van der Waals surface area contributed by atoms with Crippen molar-refractivity contribution in [3.05, 3.63) is 23.8 Å². The highest BCUT2D eigenvalue weighted by Gasteiger charge is 2.35. The normalized spacial score (nSPS) is 25.0. The van der Waals surface area contributed by atoms with Gasteiger partial charge in [0.2, 0.25) is 11.8 Å². The van der Waals surface area contributed by atoms with Gasteiger partial charge in [-0.05, 0) is 36.8 Å². The fourth-order valence-corrected chi connectivity index (χ4v) is 4.33. The number of piperidine rings is 1. The third-order valence-corrected chi connectivity index (χ3v) is 5.54. The van der Waals surface area contributed by atoms with Crippen molar-refractivity contribution < 1.29 is 14.3 Å². The largest absolute Gasteiger partial charge is 0.489 e. The van der Waals surface area contributed by atoms with Crippen LogP contribution in [0.4, 0.5) is 5.69 Å². The zero-order chi connectivity index (χ0) is 16.5. The minimum absolute atomic E-state index is 0.166. The molecule has 2 fully saturated rings. The summed E-state index contributed by atoms with van der Waals surface area (Å²) < 4.78 is 6.04. The summed E-state index contributed by atoms with van der Waals surface area (Å²) in [7, 11) is 0. The van der Waals surface area contributed by atoms with Crippen LogP contribution in [-0.2, 0) is 9.59 Å². The maximum Gasteiger partial charge on any atom is 0.249 e. The molecule has 1 atom stereocenters. The Balaban J connectivity index is 1.65. The quantitative estimate of drug-likeness (QED) is 0.848. The molecule has 0 unspecified atom stereocenters. The molecular weight excluding hydrogens is 304 g/mol. The van der Waals surface area contributed by atoms with Crippen LogP contribution in [0.25, 0.3) is 0 Å². The average Bonchev–Trinajstić information content (AvgIpc) is 2.62. The molecule has 2 heterocycles. The summed E-state index contributed by atoms with van der Waals surface area (Å²) >= 11 is 0. The maximum absolute atomic E-state index is 12.3. The Morgan fingerprint density at radius 3 is 2.71 bits per heavy atom. The Hall–Kier alpha value is -2.04. The minimum atomic E-state index is -0.271. The first kappa shape index (κ1) is 15.5. The van der Waals surface area contributed by atoms with Crippen LogP contribution in [0.15, 0.2) is 18.2 Å². The van der Waals surface area contributed by atoms with Crippen LogP contribution < -0.4 is 15.0 Å². The topological polar surface area (TPSA) is 58.6 Å². The van der Waals surface area contributed by atoms with E-state index in [-0.39, 0.29) is 17.9 Å². The van der Waals surface area contributed by atoms with E-state index in [2.05, 4.69) is 22.3 Å². The zero-order valence-electron chi connectivity index (χ0n) is 13.9. The zero-order valence-corrected chi connectivity index (χ0v) is 13.9. The van der Waals surface area contributed by atoms with Gasteiger partial charge < -0.3 is 9.64 Å². The molecular formula is C19H24N2O3. The van der Waals surface area contributed by atoms with Crippen LogP contribution in [0.5, 0.6) is 5.75 Å². The predicted octanol–water partition coefficient (Wildman–Crippen LogP) is 2.74. The smallest absolute Gasteiger partial charge is 0.249 e. The van der Waals surface area contributed by atoms with Crippen molar-refractivity contribution in [2.75, 3.05) is 18.1 Å². The van der Waals surface area contributed by atoms with Gasteiger partial charge in [-0.2, -0.15) is 0 Å². The number of carbonyl (C=O) groups is 2. The fourth-order valence-electron chi connectivity index (χ4n) is 4.33. The number of fused-ring (bicyclic) bond motifs is 1. The number of hydrogen-bond acceptors (Lipinski definition) is 4. The number of benzene rings is 1. The first-order chi connectivity index (χ1) is 11.7. The van der Waals surface area contributed by atoms with Gasteiger partial charge in [-0.1, -0.05) is 31.4 Å². The predicted molar refractivity (Wildman–Crippen MR) is 91.3 cm³/mol. The molecule has 1 saturated heterocycles. The minimum Gasteiger partial charge on any atom is -0.489 e. The van der Waals surface area contributed by atoms with E-state index in [0.717, 1.165) is 11.4 Å². The van der Waals surface area contributed by atoms with Crippen molar-refractivity contribution in [2.45, 2.75) is 56.9 Å². The van der Waals surface area contributed by atoms with Crippen LogP contribution in [0.1, 0.15) is 56.4 Å². The van der Waals surface area contributed by atoms with E-state index in [9.17, 15) is 9.59 Å². The number of imide groups is 1. The Kier molecular flexibility index (Phi) is 4.17. The Bertz CT molecular complexity index is 652. The second-order valence-electron chi connectivity index (χ2n) is 7.04. The Labute approximate surface area is 142 Å². The summed E-state index contributed by atoms with van der Waals surface area (Å²) in [5.41, 5.74) is 2.31. The SMILES string of the molecule is O=C1CC[C@@H](N2CCOc3c(C4CCCCC4)cccc32)C(=O)N1. The Morgan fingerprint density at radius 1 is 1.08 bits per heavy atom. The molecule has 1 saturated carbocycles. The number of rotatable bonds is 2. The number of anilines is 1. The summed E-state index contributed by atoms with van der Waals surface area (Å²) in [6.45, 7) is 1.28. The summed E-state index contributed by atoms with van der Waals surface area (Å²) in [5.74, 6) is 1.18. The number of nitrogens with zero attached hydrogens (tertiary/aromatic N) is 1. The number of amides is 2. The molecule has 1 aliphatic carbocycles. The van der Waals surface area contributed by atoms with E-state index in [1.807, 2.05) is 6.07 Å². The van der Waals surface area contributed by atoms with E-state index in [4.69, 9.17) is 4.74 Å². The van der Waals surface area contributed by atoms with E-state index >= 15 is 0 Å². The van der Waals surface area contributed by atoms with Gasteiger partial charge in [-0.3, -0.25) is 14.9 Å². The van der Waals surface area contributed by atoms with Gasteiger partial charge in [-0.25, -0.2) is 0 Å². The van der Waals surface area contributed by atoms with Crippen molar-refractivity contribution in [3.8, 4) is 5.75 Å². The van der Waals surface area contributed by atoms with Gasteiger partial charge >= 0.3 is 0 Å². The van der Waals surface area contributed by atoms with Gasteiger partial charge in [0, 0.05) is 6.42 Å². The molecule has 2 aliphatic heterocycles. The molecule has 24 heavy (non-hydrogen) atoms. The molecule has 1 N–H and O–H groups in total. The lowest BCUT2D eigenvalue weighted by atomic mass is 9.83. The standard InChI is InChI=1S/C19H24N2O3/c22-17-10-9-16(19(23)20-17)21-11-12-24-18-14(7-4-8-15(18)21)13-5-2-1-3-6-13/h4,7-8,13,16H,1-3,5-6,9-12H2,(H,20,22,23)/t16-/m1/s1. The molecule has 0 bridgehead atoms. The summed E-state index contributed by atoms with van der Waals surface area (Å²) in [6, 6.07) is 6.04. The van der Waals surface area contributed by atoms with Crippen LogP contribution >= 0.6 is 0 Å². The lowest BCUT2D eigenvalue weighted by Gasteiger charge is -2.39. The third-order valence-electron chi connectivity index (χ3n) is 5.54. The van der Waals surface area contributed by atoms with E-state index in [0.29, 0.717) is 31.9 Å². The van der Waals surface area contributed by atoms with Crippen molar-refractivity contribution in [1.82, 2.24) is 5.32 Å². The number of para-hydroxylation sites is 1. The number of ether oxygens (including phenoxy) is 1. The van der Waals surface area contributed by atoms with Crippen LogP contribution in [0.2, 0.25) is 0 Å². The summed E-state index contributed by atoms with van der Waals surface area (Å²) in [5, 5.41) is 2.48. The first-order valence-corrected chi connectivity index (χ1v) is 9.10. The molecule has 0 radical (unpaired) electrons. The fraction of sp³-hybridized carbons (Fsp3) is 0.579. The summed E-state index contributed by atoms with van der Waals surface area (Å²) in [4.78, 5) is 25.9. The summed E-state index contributed by atoms with van der Waals surface area (Å²) in [6.07, 6.45) is 7.32. The van der Waals surface area contributed by atoms with Gasteiger partial charge in [0.15, 0.2) is 0 Å². The van der Waals surface area contributed by atoms with Crippen LogP contribution in [0, 0.1) is 0 Å². The molecule has 0 spiro atoms. The van der Waals surface area contributed by atoms with Crippen molar-refractivity contribution in [1.29, 1.82) is 0 Å². The molecule has 1 aromatic carbocycles. The van der Waals surface area contributed by atoms with Crippen molar-refractivity contribution in [2.24, 2.45) is 0 Å². The van der Waals surface area contributed by atoms with E-state index < -0.39 is 0 Å². The van der Waals surface area contributed by atoms with Gasteiger partial charge in [-0.15, -0.1) is 0 Å². The molecule has 4 rings (SSSR count). The lowest BCUT2D eigenvalue weighted by molar-refractivity contribution is -0.134. The van der Waals surface area contributed by atoms with Crippen molar-refractivity contribution >= 4 is 17.5 Å². The second kappa shape index (κ2) is 6.46. The second-order valence-corrected chi connectivity index (χ2v) is 7.04. The van der Waals surface area contributed by atoms with E-state index in [1.54, 1.807) is 0 Å². The lowest BCUT2D eigenvalue weighted by Crippen LogP contribution is -2.54. The molecule has 5 heteroatoms.